The van der Waals surface area contributed by atoms with Gasteiger partial charge in [0, 0.05) is 16.7 Å². The first-order chi connectivity index (χ1) is 10.4. The van der Waals surface area contributed by atoms with E-state index in [1.54, 1.807) is 11.3 Å². The number of methoxy groups -OCH3 is 1. The van der Waals surface area contributed by atoms with Crippen LogP contribution in [0.5, 0.6) is 0 Å². The monoisotopic (exact) mass is 356 g/mol. The molecular weight excluding hydrogens is 340 g/mol. The molecule has 0 aromatic carbocycles. The third-order valence-corrected chi connectivity index (χ3v) is 5.74. The van der Waals surface area contributed by atoms with Crippen LogP contribution in [0, 0.1) is 4.77 Å². The molecule has 0 unspecified atom stereocenters. The Balaban J connectivity index is 2.09. The minimum atomic E-state index is -0.272. The highest BCUT2D eigenvalue weighted by Crippen LogP contribution is 2.41. The zero-order valence-corrected chi connectivity index (χ0v) is 15.0. The van der Waals surface area contributed by atoms with Gasteiger partial charge in [-0.15, -0.1) is 11.3 Å². The molecule has 2 aromatic heterocycles. The molecule has 3 heterocycles. The predicted octanol–water partition coefficient (Wildman–Crippen LogP) is 3.47. The van der Waals surface area contributed by atoms with E-state index in [4.69, 9.17) is 21.7 Å². The second-order valence-corrected chi connectivity index (χ2v) is 8.10. The number of H-pyrrole nitrogens is 1. The van der Waals surface area contributed by atoms with E-state index in [0.717, 1.165) is 21.7 Å². The largest absolute Gasteiger partial charge is 0.468 e. The number of ether oxygens (including phenoxy) is 2. The van der Waals surface area contributed by atoms with Crippen molar-refractivity contribution < 1.29 is 14.3 Å². The fraction of sp³-hybridized carbons (Fsp3) is 0.500. The van der Waals surface area contributed by atoms with Crippen molar-refractivity contribution in [2.45, 2.75) is 37.5 Å². The van der Waals surface area contributed by atoms with Gasteiger partial charge in [-0.2, -0.15) is 0 Å². The van der Waals surface area contributed by atoms with Crippen molar-refractivity contribution >= 4 is 51.5 Å². The number of thiophene rings is 1. The van der Waals surface area contributed by atoms with Gasteiger partial charge in [-0.1, -0.05) is 11.8 Å². The van der Waals surface area contributed by atoms with Crippen LogP contribution in [0.3, 0.4) is 0 Å². The molecule has 22 heavy (non-hydrogen) atoms. The normalized spacial score (nSPS) is 16.5. The number of hydrogen-bond acceptors (Lipinski definition) is 7. The van der Waals surface area contributed by atoms with Gasteiger partial charge in [0.2, 0.25) is 0 Å². The number of nitrogens with one attached hydrogen (secondary N) is 1. The first-order valence-corrected chi connectivity index (χ1v) is 8.99. The molecule has 0 bridgehead atoms. The van der Waals surface area contributed by atoms with Crippen LogP contribution in [0.4, 0.5) is 0 Å². The highest BCUT2D eigenvalue weighted by Gasteiger charge is 2.30. The van der Waals surface area contributed by atoms with Crippen LogP contribution in [-0.4, -0.2) is 34.4 Å². The van der Waals surface area contributed by atoms with E-state index in [1.807, 2.05) is 0 Å². The number of aromatic amines is 1. The topological polar surface area (TPSA) is 64.2 Å². The van der Waals surface area contributed by atoms with Crippen LogP contribution in [0.1, 0.15) is 24.3 Å². The highest BCUT2D eigenvalue weighted by atomic mass is 32.2. The molecular formula is C14H16N2O3S3. The number of thioether (sulfide) groups is 1. The van der Waals surface area contributed by atoms with Gasteiger partial charge in [-0.25, -0.2) is 4.98 Å². The van der Waals surface area contributed by atoms with Crippen LogP contribution < -0.4 is 0 Å². The lowest BCUT2D eigenvalue weighted by atomic mass is 9.95. The molecule has 1 aliphatic rings. The van der Waals surface area contributed by atoms with Crippen molar-refractivity contribution in [3.05, 3.63) is 15.2 Å². The van der Waals surface area contributed by atoms with E-state index in [0.29, 0.717) is 11.4 Å². The summed E-state index contributed by atoms with van der Waals surface area (Å²) in [6.07, 6.45) is 0.820. The lowest BCUT2D eigenvalue weighted by Crippen LogP contribution is -2.31. The van der Waals surface area contributed by atoms with Crippen LogP contribution in [0.15, 0.2) is 5.03 Å². The Hall–Kier alpha value is -0.960. The zero-order chi connectivity index (χ0) is 15.9. The average Bonchev–Trinajstić information content (AvgIpc) is 2.80. The Morgan fingerprint density at radius 1 is 1.59 bits per heavy atom. The molecule has 0 spiro atoms. The number of rotatable bonds is 3. The van der Waals surface area contributed by atoms with Crippen molar-refractivity contribution in [2.24, 2.45) is 0 Å². The minimum absolute atomic E-state index is 0.197. The Labute approximate surface area is 141 Å². The SMILES string of the molecule is COC(=O)CSc1nc(=S)[nH]c2sc3c(c12)CC(C)(C)OC3. The van der Waals surface area contributed by atoms with E-state index >= 15 is 0 Å². The molecule has 8 heteroatoms. The molecule has 0 saturated carbocycles. The summed E-state index contributed by atoms with van der Waals surface area (Å²) in [6, 6.07) is 0. The van der Waals surface area contributed by atoms with Crippen molar-refractivity contribution in [3.63, 3.8) is 0 Å². The molecule has 3 rings (SSSR count). The summed E-state index contributed by atoms with van der Waals surface area (Å²) < 4.78 is 11.0. The molecule has 0 fully saturated rings. The Morgan fingerprint density at radius 2 is 2.36 bits per heavy atom. The maximum Gasteiger partial charge on any atom is 0.316 e. The fourth-order valence-corrected chi connectivity index (χ4v) is 4.84. The van der Waals surface area contributed by atoms with Crippen molar-refractivity contribution in [1.82, 2.24) is 9.97 Å². The summed E-state index contributed by atoms with van der Waals surface area (Å²) in [5.74, 6) is -0.0477. The smallest absolute Gasteiger partial charge is 0.316 e. The van der Waals surface area contributed by atoms with Gasteiger partial charge < -0.3 is 14.5 Å². The number of carbonyl (C=O) groups excluding carboxylic acids is 1. The summed E-state index contributed by atoms with van der Waals surface area (Å²) >= 11 is 8.22. The molecule has 1 N–H and O–H groups in total. The van der Waals surface area contributed by atoms with Gasteiger partial charge >= 0.3 is 5.97 Å². The maximum atomic E-state index is 11.4. The van der Waals surface area contributed by atoms with Crippen LogP contribution in [-0.2, 0) is 27.3 Å². The second-order valence-electron chi connectivity index (χ2n) is 5.64. The van der Waals surface area contributed by atoms with Crippen molar-refractivity contribution in [1.29, 1.82) is 0 Å². The van der Waals surface area contributed by atoms with Crippen molar-refractivity contribution in [2.75, 3.05) is 12.9 Å². The minimum Gasteiger partial charge on any atom is -0.468 e. The number of esters is 1. The van der Waals surface area contributed by atoms with E-state index in [2.05, 4.69) is 23.8 Å². The third kappa shape index (κ3) is 3.05. The highest BCUT2D eigenvalue weighted by molar-refractivity contribution is 8.00. The Kier molecular flexibility index (Phi) is 4.28. The van der Waals surface area contributed by atoms with Gasteiger partial charge in [0.05, 0.1) is 25.1 Å². The molecule has 0 amide bonds. The lowest BCUT2D eigenvalue weighted by Gasteiger charge is -2.30. The van der Waals surface area contributed by atoms with E-state index < -0.39 is 0 Å². The number of hydrogen-bond donors (Lipinski definition) is 1. The molecule has 0 radical (unpaired) electrons. The van der Waals surface area contributed by atoms with Crippen LogP contribution >= 0.6 is 35.3 Å². The molecule has 0 saturated heterocycles. The number of fused-ring (bicyclic) bond motifs is 3. The number of carbonyl (C=O) groups is 1. The first kappa shape index (κ1) is 15.9. The molecule has 1 aliphatic heterocycles. The number of nitrogens with zero attached hydrogens (tertiary/aromatic N) is 1. The van der Waals surface area contributed by atoms with Gasteiger partial charge in [0.1, 0.15) is 9.86 Å². The summed E-state index contributed by atoms with van der Waals surface area (Å²) in [5.41, 5.74) is 1.06. The lowest BCUT2D eigenvalue weighted by molar-refractivity contribution is -0.137. The van der Waals surface area contributed by atoms with Gasteiger partial charge in [0.15, 0.2) is 4.77 Å². The second kappa shape index (κ2) is 5.92. The van der Waals surface area contributed by atoms with Crippen LogP contribution in [0.25, 0.3) is 10.2 Å². The molecule has 118 valence electrons. The molecule has 0 aliphatic carbocycles. The average molecular weight is 356 g/mol. The zero-order valence-electron chi connectivity index (χ0n) is 12.5. The molecule has 0 atom stereocenters. The predicted molar refractivity (Wildman–Crippen MR) is 90.1 cm³/mol. The van der Waals surface area contributed by atoms with Gasteiger partial charge in [0.25, 0.3) is 0 Å². The third-order valence-electron chi connectivity index (χ3n) is 3.48. The van der Waals surface area contributed by atoms with E-state index in [1.165, 1.54) is 29.3 Å². The number of aromatic nitrogens is 2. The summed E-state index contributed by atoms with van der Waals surface area (Å²) in [7, 11) is 1.38. The Bertz CT molecular complexity index is 794. The standard InChI is InChI=1S/C14H16N2O3S3/c1-14(2)4-7-8(5-19-14)22-12-10(7)11(15-13(20)16-12)21-6-9(17)18-3/h4-6H2,1-3H3,(H,15,16,20). The van der Waals surface area contributed by atoms with E-state index in [9.17, 15) is 4.79 Å². The Morgan fingerprint density at radius 3 is 3.09 bits per heavy atom. The summed E-state index contributed by atoms with van der Waals surface area (Å²) in [6.45, 7) is 4.77. The van der Waals surface area contributed by atoms with Crippen molar-refractivity contribution in [3.8, 4) is 0 Å². The van der Waals surface area contributed by atoms with Gasteiger partial charge in [-0.3, -0.25) is 4.79 Å². The maximum absolute atomic E-state index is 11.4. The van der Waals surface area contributed by atoms with Gasteiger partial charge in [-0.05, 0) is 31.6 Å². The first-order valence-electron chi connectivity index (χ1n) is 6.78. The quantitative estimate of drug-likeness (QED) is 0.393. The summed E-state index contributed by atoms with van der Waals surface area (Å²) in [4.78, 5) is 21.2. The molecule has 2 aromatic rings. The molecule has 5 nitrogen and oxygen atoms in total. The summed E-state index contributed by atoms with van der Waals surface area (Å²) in [5, 5.41) is 1.86. The van der Waals surface area contributed by atoms with Crippen LogP contribution in [0.2, 0.25) is 0 Å². The van der Waals surface area contributed by atoms with E-state index in [-0.39, 0.29) is 17.3 Å². The fourth-order valence-electron chi connectivity index (χ4n) is 2.43.